The number of hydrogen-bond donors (Lipinski definition) is 6. The van der Waals surface area contributed by atoms with Gasteiger partial charge in [-0.3, -0.25) is 9.69 Å². The number of rotatable bonds is 5. The first-order valence-corrected chi connectivity index (χ1v) is 9.77. The Hall–Kier alpha value is -1.98. The lowest BCUT2D eigenvalue weighted by Crippen LogP contribution is -2.45. The van der Waals surface area contributed by atoms with E-state index < -0.39 is 12.0 Å². The van der Waals surface area contributed by atoms with Gasteiger partial charge in [-0.05, 0) is 30.4 Å². The molecular formula is C18H30N6O3S. The van der Waals surface area contributed by atoms with Gasteiger partial charge in [-0.15, -0.1) is 0 Å². The summed E-state index contributed by atoms with van der Waals surface area (Å²) < 4.78 is 5.31. The summed E-state index contributed by atoms with van der Waals surface area (Å²) in [6.07, 6.45) is 0. The second-order valence-corrected chi connectivity index (χ2v) is 6.91. The quantitative estimate of drug-likeness (QED) is 0.356. The van der Waals surface area contributed by atoms with E-state index in [0.717, 1.165) is 26.2 Å². The second-order valence-electron chi connectivity index (χ2n) is 6.47. The second kappa shape index (κ2) is 11.8. The fraction of sp³-hybridized carbons (Fsp3) is 0.556. The van der Waals surface area contributed by atoms with Crippen molar-refractivity contribution in [1.29, 1.82) is 0 Å². The molecule has 2 rings (SSSR count). The molecule has 1 aromatic carbocycles. The third-order valence-corrected chi connectivity index (χ3v) is 4.62. The van der Waals surface area contributed by atoms with E-state index in [1.54, 1.807) is 25.3 Å². The van der Waals surface area contributed by atoms with Gasteiger partial charge in [0, 0.05) is 63.6 Å². The van der Waals surface area contributed by atoms with Gasteiger partial charge in [0.2, 0.25) is 0 Å². The molecule has 1 atom stereocenters. The number of anilines is 1. The molecule has 0 saturated carbocycles. The SMILES string of the molecule is COc1ccc(NC(N)=S)c(C(C(=O)O)N2CCNCCNCCNCC2)c1. The molecule has 1 aromatic rings. The minimum atomic E-state index is -0.937. The van der Waals surface area contributed by atoms with Gasteiger partial charge in [0.05, 0.1) is 7.11 Å². The maximum Gasteiger partial charge on any atom is 0.325 e. The van der Waals surface area contributed by atoms with Gasteiger partial charge in [0.15, 0.2) is 5.11 Å². The first-order chi connectivity index (χ1) is 13.5. The molecule has 9 nitrogen and oxygen atoms in total. The Morgan fingerprint density at radius 3 is 2.25 bits per heavy atom. The summed E-state index contributed by atoms with van der Waals surface area (Å²) >= 11 is 4.96. The van der Waals surface area contributed by atoms with Crippen molar-refractivity contribution in [2.24, 2.45) is 5.73 Å². The molecule has 1 unspecified atom stereocenters. The zero-order chi connectivity index (χ0) is 20.4. The average Bonchev–Trinajstić information content (AvgIpc) is 2.64. The smallest absolute Gasteiger partial charge is 0.325 e. The molecule has 1 heterocycles. The summed E-state index contributed by atoms with van der Waals surface area (Å²) in [5.41, 5.74) is 6.77. The van der Waals surface area contributed by atoms with Gasteiger partial charge in [0.1, 0.15) is 11.8 Å². The van der Waals surface area contributed by atoms with Crippen LogP contribution in [0.15, 0.2) is 18.2 Å². The Balaban J connectivity index is 2.32. The Labute approximate surface area is 171 Å². The number of hydrogen-bond acceptors (Lipinski definition) is 7. The van der Waals surface area contributed by atoms with Crippen molar-refractivity contribution >= 4 is 29.0 Å². The molecule has 0 aliphatic carbocycles. The van der Waals surface area contributed by atoms with E-state index in [4.69, 9.17) is 22.7 Å². The number of nitrogens with two attached hydrogens (primary N) is 1. The summed E-state index contributed by atoms with van der Waals surface area (Å²) in [6.45, 7) is 5.97. The highest BCUT2D eigenvalue weighted by Crippen LogP contribution is 2.31. The van der Waals surface area contributed by atoms with Crippen molar-refractivity contribution in [3.63, 3.8) is 0 Å². The van der Waals surface area contributed by atoms with E-state index in [1.807, 2.05) is 4.90 Å². The molecule has 1 fully saturated rings. The van der Waals surface area contributed by atoms with Crippen molar-refractivity contribution < 1.29 is 14.6 Å². The number of carboxylic acids is 1. The molecule has 0 radical (unpaired) electrons. The van der Waals surface area contributed by atoms with E-state index in [-0.39, 0.29) is 5.11 Å². The topological polar surface area (TPSA) is 124 Å². The molecule has 28 heavy (non-hydrogen) atoms. The fourth-order valence-electron chi connectivity index (χ4n) is 3.17. The molecule has 0 amide bonds. The Bertz CT molecular complexity index is 648. The number of carbonyl (C=O) groups is 1. The molecule has 10 heteroatoms. The highest BCUT2D eigenvalue weighted by Gasteiger charge is 2.30. The lowest BCUT2D eigenvalue weighted by Gasteiger charge is -2.31. The number of nitrogens with one attached hydrogen (secondary N) is 4. The van der Waals surface area contributed by atoms with E-state index in [1.165, 1.54) is 0 Å². The molecule has 1 aliphatic heterocycles. The van der Waals surface area contributed by atoms with E-state index in [0.29, 0.717) is 43.2 Å². The van der Waals surface area contributed by atoms with Crippen LogP contribution in [0.5, 0.6) is 5.75 Å². The molecule has 0 aromatic heterocycles. The summed E-state index contributed by atoms with van der Waals surface area (Å²) in [4.78, 5) is 14.2. The van der Waals surface area contributed by atoms with Crippen LogP contribution in [0.1, 0.15) is 11.6 Å². The lowest BCUT2D eigenvalue weighted by atomic mass is 10.0. The van der Waals surface area contributed by atoms with Crippen LogP contribution >= 0.6 is 12.2 Å². The van der Waals surface area contributed by atoms with E-state index in [2.05, 4.69) is 21.3 Å². The van der Waals surface area contributed by atoms with Gasteiger partial charge < -0.3 is 36.8 Å². The molecule has 1 aliphatic rings. The minimum Gasteiger partial charge on any atom is -0.497 e. The number of thiocarbonyl (C=S) groups is 1. The number of methoxy groups -OCH3 is 1. The zero-order valence-electron chi connectivity index (χ0n) is 16.2. The van der Waals surface area contributed by atoms with Crippen LogP contribution in [0.4, 0.5) is 5.69 Å². The number of carboxylic acid groups (broad SMARTS) is 1. The van der Waals surface area contributed by atoms with Crippen molar-refractivity contribution in [1.82, 2.24) is 20.9 Å². The first-order valence-electron chi connectivity index (χ1n) is 9.36. The minimum absolute atomic E-state index is 0.0834. The van der Waals surface area contributed by atoms with Crippen LogP contribution in [-0.4, -0.2) is 80.6 Å². The average molecular weight is 411 g/mol. The maximum atomic E-state index is 12.3. The highest BCUT2D eigenvalue weighted by atomic mass is 32.1. The molecule has 0 spiro atoms. The zero-order valence-corrected chi connectivity index (χ0v) is 17.0. The van der Waals surface area contributed by atoms with E-state index >= 15 is 0 Å². The van der Waals surface area contributed by atoms with Crippen molar-refractivity contribution in [2.45, 2.75) is 6.04 Å². The third kappa shape index (κ3) is 6.88. The predicted octanol–water partition coefficient (Wildman–Crippen LogP) is -0.439. The number of nitrogens with zero attached hydrogens (tertiary/aromatic N) is 1. The summed E-state index contributed by atoms with van der Waals surface area (Å²) in [5, 5.41) is 23.1. The van der Waals surface area contributed by atoms with Crippen molar-refractivity contribution in [3.05, 3.63) is 23.8 Å². The molecule has 7 N–H and O–H groups in total. The van der Waals surface area contributed by atoms with Crippen LogP contribution in [0, 0.1) is 0 Å². The van der Waals surface area contributed by atoms with Gasteiger partial charge in [-0.2, -0.15) is 0 Å². The van der Waals surface area contributed by atoms with Crippen LogP contribution in [0.25, 0.3) is 0 Å². The van der Waals surface area contributed by atoms with Crippen LogP contribution in [0.2, 0.25) is 0 Å². The van der Waals surface area contributed by atoms with Crippen molar-refractivity contribution in [2.75, 3.05) is 64.8 Å². The van der Waals surface area contributed by atoms with Gasteiger partial charge >= 0.3 is 5.97 Å². The van der Waals surface area contributed by atoms with Crippen LogP contribution in [-0.2, 0) is 4.79 Å². The van der Waals surface area contributed by atoms with Gasteiger partial charge in [0.25, 0.3) is 0 Å². The Kier molecular flexibility index (Phi) is 9.38. The normalized spacial score (nSPS) is 18.3. The summed E-state index contributed by atoms with van der Waals surface area (Å²) in [7, 11) is 1.55. The lowest BCUT2D eigenvalue weighted by molar-refractivity contribution is -0.143. The maximum absolute atomic E-state index is 12.3. The number of aliphatic carboxylic acids is 1. The summed E-state index contributed by atoms with van der Waals surface area (Å²) in [6, 6.07) is 4.34. The fourth-order valence-corrected chi connectivity index (χ4v) is 3.28. The molecule has 0 bridgehead atoms. The van der Waals surface area contributed by atoms with Crippen molar-refractivity contribution in [3.8, 4) is 5.75 Å². The van der Waals surface area contributed by atoms with Crippen LogP contribution < -0.4 is 31.7 Å². The highest BCUT2D eigenvalue weighted by molar-refractivity contribution is 7.80. The molecule has 1 saturated heterocycles. The Morgan fingerprint density at radius 2 is 1.75 bits per heavy atom. The largest absolute Gasteiger partial charge is 0.497 e. The Morgan fingerprint density at radius 1 is 1.18 bits per heavy atom. The summed E-state index contributed by atoms with van der Waals surface area (Å²) in [5.74, 6) is -0.362. The van der Waals surface area contributed by atoms with Gasteiger partial charge in [-0.25, -0.2) is 0 Å². The molecule has 156 valence electrons. The number of benzene rings is 1. The van der Waals surface area contributed by atoms with Crippen LogP contribution in [0.3, 0.4) is 0 Å². The molecular weight excluding hydrogens is 380 g/mol. The number of ether oxygens (including phenoxy) is 1. The third-order valence-electron chi connectivity index (χ3n) is 4.52. The standard InChI is InChI=1S/C18H30N6O3S/c1-27-13-2-3-15(23-18(19)28)14(12-13)16(17(25)26)24-10-8-21-6-4-20-5-7-22-9-11-24/h2-3,12,16,20-22H,4-11H2,1H3,(H,25,26)(H3,19,23,28). The predicted molar refractivity (Wildman–Crippen MR) is 114 cm³/mol. The monoisotopic (exact) mass is 410 g/mol. The first kappa shape index (κ1) is 22.3. The van der Waals surface area contributed by atoms with Gasteiger partial charge in [-0.1, -0.05) is 0 Å². The van der Waals surface area contributed by atoms with E-state index in [9.17, 15) is 9.90 Å².